The Morgan fingerprint density at radius 2 is 1.51 bits per heavy atom. The molecule has 0 bridgehead atoms. The Labute approximate surface area is 242 Å². The molecule has 2 unspecified atom stereocenters. The molecule has 0 aliphatic rings. The molecule has 2 aromatic carbocycles. The van der Waals surface area contributed by atoms with Gasteiger partial charge in [-0.1, -0.05) is 38.1 Å². The van der Waals surface area contributed by atoms with Crippen LogP contribution in [0.15, 0.2) is 48.5 Å². The molecule has 0 aliphatic heterocycles. The molecular weight excluding hydrogens is 524 g/mol. The van der Waals surface area contributed by atoms with Gasteiger partial charge < -0.3 is 30.7 Å². The van der Waals surface area contributed by atoms with Crippen molar-refractivity contribution in [3.8, 4) is 5.75 Å². The number of carbonyl (C=O) groups is 4. The van der Waals surface area contributed by atoms with Gasteiger partial charge in [0, 0.05) is 11.2 Å². The number of primary amides is 1. The fourth-order valence-electron chi connectivity index (χ4n) is 4.20. The van der Waals surface area contributed by atoms with Crippen LogP contribution in [-0.2, 0) is 25.5 Å². The van der Waals surface area contributed by atoms with E-state index in [1.165, 1.54) is 4.90 Å². The van der Waals surface area contributed by atoms with E-state index in [1.807, 2.05) is 52.0 Å². The number of amides is 4. The Kier molecular flexibility index (Phi) is 11.3. The molecule has 4 N–H and O–H groups in total. The van der Waals surface area contributed by atoms with E-state index in [4.69, 9.17) is 15.2 Å². The Morgan fingerprint density at radius 3 is 1.98 bits per heavy atom. The van der Waals surface area contributed by atoms with Gasteiger partial charge in [0.1, 0.15) is 23.4 Å². The second kappa shape index (κ2) is 14.0. The zero-order chi connectivity index (χ0) is 31.0. The van der Waals surface area contributed by atoms with E-state index in [0.717, 1.165) is 12.0 Å². The molecule has 0 radical (unpaired) electrons. The van der Waals surface area contributed by atoms with Gasteiger partial charge in [0.25, 0.3) is 5.91 Å². The van der Waals surface area contributed by atoms with Gasteiger partial charge in [0.15, 0.2) is 0 Å². The summed E-state index contributed by atoms with van der Waals surface area (Å²) in [6.45, 7) is 12.6. The van der Waals surface area contributed by atoms with Crippen LogP contribution in [0.4, 0.5) is 10.5 Å². The third-order valence-electron chi connectivity index (χ3n) is 6.72. The second-order valence-electron chi connectivity index (χ2n) is 11.5. The van der Waals surface area contributed by atoms with Crippen LogP contribution >= 0.6 is 0 Å². The number of aryl methyl sites for hydroxylation is 1. The van der Waals surface area contributed by atoms with Crippen molar-refractivity contribution in [2.75, 3.05) is 12.4 Å². The van der Waals surface area contributed by atoms with Crippen molar-refractivity contribution in [3.05, 3.63) is 59.7 Å². The number of ether oxygens (including phenoxy) is 2. The molecule has 41 heavy (non-hydrogen) atoms. The standard InChI is InChI=1S/C31H44N4O6/c1-9-20-11-13-21(14-12-20)26(27(37)33-22-15-17-23(40-8)18-16-22)35(31(6,7)10-2)28(38)24(19-25(32)36)34-29(39)41-30(3,4)5/h11-18,24,26H,9-10,19H2,1-8H3,(H2,32,36)(H,33,37)(H,34,39). The van der Waals surface area contributed by atoms with E-state index in [1.54, 1.807) is 52.1 Å². The third kappa shape index (κ3) is 9.51. The highest BCUT2D eigenvalue weighted by Gasteiger charge is 2.43. The number of carbonyl (C=O) groups excluding carboxylic acids is 4. The first-order valence-electron chi connectivity index (χ1n) is 13.8. The summed E-state index contributed by atoms with van der Waals surface area (Å²) in [4.78, 5) is 54.5. The first kappa shape index (κ1) is 33.1. The summed E-state index contributed by atoms with van der Waals surface area (Å²) in [7, 11) is 1.55. The number of hydrogen-bond donors (Lipinski definition) is 3. The van der Waals surface area contributed by atoms with Crippen LogP contribution in [0.1, 0.15) is 78.5 Å². The van der Waals surface area contributed by atoms with Gasteiger partial charge in [-0.05, 0) is 82.9 Å². The van der Waals surface area contributed by atoms with Crippen LogP contribution in [0, 0.1) is 0 Å². The van der Waals surface area contributed by atoms with Gasteiger partial charge >= 0.3 is 6.09 Å². The van der Waals surface area contributed by atoms with Crippen molar-refractivity contribution in [1.29, 1.82) is 0 Å². The first-order chi connectivity index (χ1) is 19.1. The summed E-state index contributed by atoms with van der Waals surface area (Å²) >= 11 is 0. The number of nitrogens with one attached hydrogen (secondary N) is 2. The van der Waals surface area contributed by atoms with Crippen LogP contribution in [-0.4, -0.2) is 53.0 Å². The maximum absolute atomic E-state index is 14.3. The minimum atomic E-state index is -1.36. The number of hydrogen-bond acceptors (Lipinski definition) is 6. The van der Waals surface area contributed by atoms with Crippen molar-refractivity contribution in [1.82, 2.24) is 10.2 Å². The van der Waals surface area contributed by atoms with E-state index in [0.29, 0.717) is 23.4 Å². The zero-order valence-electron chi connectivity index (χ0n) is 25.4. The lowest BCUT2D eigenvalue weighted by Gasteiger charge is -2.44. The second-order valence-corrected chi connectivity index (χ2v) is 11.5. The van der Waals surface area contributed by atoms with Crippen molar-refractivity contribution in [2.45, 2.75) is 91.0 Å². The lowest BCUT2D eigenvalue weighted by Crippen LogP contribution is -2.59. The van der Waals surface area contributed by atoms with Gasteiger partial charge in [-0.2, -0.15) is 0 Å². The number of rotatable bonds is 12. The largest absolute Gasteiger partial charge is 0.497 e. The van der Waals surface area contributed by atoms with Gasteiger partial charge in [0.05, 0.1) is 13.5 Å². The molecule has 2 rings (SSSR count). The van der Waals surface area contributed by atoms with Gasteiger partial charge in [0.2, 0.25) is 11.8 Å². The van der Waals surface area contributed by atoms with Crippen LogP contribution in [0.2, 0.25) is 0 Å². The normalized spacial score (nSPS) is 13.0. The summed E-state index contributed by atoms with van der Waals surface area (Å²) in [5.41, 5.74) is 5.91. The highest BCUT2D eigenvalue weighted by atomic mass is 16.6. The van der Waals surface area contributed by atoms with Crippen molar-refractivity contribution < 1.29 is 28.7 Å². The summed E-state index contributed by atoms with van der Waals surface area (Å²) in [6.07, 6.45) is -0.0889. The lowest BCUT2D eigenvalue weighted by molar-refractivity contribution is -0.148. The van der Waals surface area contributed by atoms with Crippen LogP contribution in [0.5, 0.6) is 5.75 Å². The smallest absolute Gasteiger partial charge is 0.408 e. The minimum absolute atomic E-state index is 0.466. The van der Waals surface area contributed by atoms with Crippen molar-refractivity contribution in [3.63, 3.8) is 0 Å². The Balaban J connectivity index is 2.64. The first-order valence-corrected chi connectivity index (χ1v) is 13.8. The van der Waals surface area contributed by atoms with Gasteiger partial charge in [-0.15, -0.1) is 0 Å². The highest BCUT2D eigenvalue weighted by molar-refractivity contribution is 6.00. The van der Waals surface area contributed by atoms with E-state index >= 15 is 0 Å². The predicted molar refractivity (Wildman–Crippen MR) is 158 cm³/mol. The fourth-order valence-corrected chi connectivity index (χ4v) is 4.20. The SMILES string of the molecule is CCc1ccc(C(C(=O)Nc2ccc(OC)cc2)N(C(=O)C(CC(N)=O)NC(=O)OC(C)(C)C)C(C)(C)CC)cc1. The van der Waals surface area contributed by atoms with Crippen LogP contribution in [0.3, 0.4) is 0 Å². The Bertz CT molecular complexity index is 1200. The molecule has 0 fully saturated rings. The maximum atomic E-state index is 14.3. The molecule has 10 heteroatoms. The molecular formula is C31H44N4O6. The number of anilines is 1. The topological polar surface area (TPSA) is 140 Å². The molecule has 0 saturated carbocycles. The van der Waals surface area contributed by atoms with E-state index in [-0.39, 0.29) is 0 Å². The molecule has 0 heterocycles. The fraction of sp³-hybridized carbons (Fsp3) is 0.484. The molecule has 10 nitrogen and oxygen atoms in total. The molecule has 4 amide bonds. The molecule has 0 saturated heterocycles. The third-order valence-corrected chi connectivity index (χ3v) is 6.72. The number of alkyl carbamates (subject to hydrolysis) is 1. The van der Waals surface area contributed by atoms with Gasteiger partial charge in [-0.3, -0.25) is 14.4 Å². The minimum Gasteiger partial charge on any atom is -0.497 e. The van der Waals surface area contributed by atoms with Crippen molar-refractivity contribution >= 4 is 29.5 Å². The zero-order valence-corrected chi connectivity index (χ0v) is 25.4. The average molecular weight is 569 g/mol. The quantitative estimate of drug-likeness (QED) is 0.338. The van der Waals surface area contributed by atoms with Gasteiger partial charge in [-0.25, -0.2) is 4.79 Å². The number of benzene rings is 2. The van der Waals surface area contributed by atoms with Crippen LogP contribution in [0.25, 0.3) is 0 Å². The van der Waals surface area contributed by atoms with Crippen LogP contribution < -0.4 is 21.1 Å². The molecule has 0 aromatic heterocycles. The summed E-state index contributed by atoms with van der Waals surface area (Å²) in [5.74, 6) is -1.28. The highest BCUT2D eigenvalue weighted by Crippen LogP contribution is 2.33. The summed E-state index contributed by atoms with van der Waals surface area (Å²) in [6, 6.07) is 11.8. The number of nitrogens with two attached hydrogens (primary N) is 1. The molecule has 0 spiro atoms. The molecule has 2 aromatic rings. The Morgan fingerprint density at radius 1 is 0.927 bits per heavy atom. The summed E-state index contributed by atoms with van der Waals surface area (Å²) < 4.78 is 10.6. The van der Waals surface area contributed by atoms with E-state index in [9.17, 15) is 19.2 Å². The maximum Gasteiger partial charge on any atom is 0.408 e. The Hall–Kier alpha value is -4.08. The lowest BCUT2D eigenvalue weighted by atomic mass is 9.91. The predicted octanol–water partition coefficient (Wildman–Crippen LogP) is 4.72. The molecule has 0 aliphatic carbocycles. The number of nitrogens with zero attached hydrogens (tertiary/aromatic N) is 1. The molecule has 224 valence electrons. The van der Waals surface area contributed by atoms with E-state index in [2.05, 4.69) is 10.6 Å². The number of methoxy groups -OCH3 is 1. The van der Waals surface area contributed by atoms with Crippen molar-refractivity contribution in [2.24, 2.45) is 5.73 Å². The monoisotopic (exact) mass is 568 g/mol. The molecule has 2 atom stereocenters. The van der Waals surface area contributed by atoms with E-state index < -0.39 is 53.5 Å². The average Bonchev–Trinajstić information content (AvgIpc) is 2.90. The summed E-state index contributed by atoms with van der Waals surface area (Å²) in [5, 5.41) is 5.42.